The summed E-state index contributed by atoms with van der Waals surface area (Å²) in [5, 5.41) is 3.08. The van der Waals surface area contributed by atoms with E-state index in [1.165, 1.54) is 7.05 Å². The molecule has 3 aromatic heterocycles. The van der Waals surface area contributed by atoms with Crippen LogP contribution < -0.4 is 5.32 Å². The third-order valence-electron chi connectivity index (χ3n) is 6.33. The van der Waals surface area contributed by atoms with Crippen LogP contribution in [0.25, 0.3) is 39.2 Å². The summed E-state index contributed by atoms with van der Waals surface area (Å²) in [4.78, 5) is 21.8. The summed E-state index contributed by atoms with van der Waals surface area (Å²) in [7, 11) is 1.52. The van der Waals surface area contributed by atoms with Gasteiger partial charge in [-0.3, -0.25) is 4.79 Å². The van der Waals surface area contributed by atoms with E-state index in [1.54, 1.807) is 12.4 Å². The number of halogens is 3. The van der Waals surface area contributed by atoms with Crippen LogP contribution in [-0.4, -0.2) is 33.7 Å². The van der Waals surface area contributed by atoms with Gasteiger partial charge in [0, 0.05) is 36.5 Å². The van der Waals surface area contributed by atoms with Crippen molar-refractivity contribution in [1.29, 1.82) is 0 Å². The van der Waals surface area contributed by atoms with Crippen molar-refractivity contribution in [1.82, 2.24) is 19.9 Å². The lowest BCUT2D eigenvalue weighted by atomic mass is 9.97. The van der Waals surface area contributed by atoms with Gasteiger partial charge in [0.25, 0.3) is 5.91 Å². The van der Waals surface area contributed by atoms with Crippen molar-refractivity contribution in [2.24, 2.45) is 0 Å². The molecule has 0 atom stereocenters. The molecule has 0 aliphatic carbocycles. The third kappa shape index (κ3) is 5.04. The van der Waals surface area contributed by atoms with E-state index in [0.29, 0.717) is 22.3 Å². The summed E-state index contributed by atoms with van der Waals surface area (Å²) in [5.41, 5.74) is 5.25. The number of imidazole rings is 1. The van der Waals surface area contributed by atoms with Crippen LogP contribution >= 0.6 is 0 Å². The summed E-state index contributed by atoms with van der Waals surface area (Å²) < 4.78 is 47.4. The number of hydrogen-bond donors (Lipinski definition) is 1. The molecule has 0 aliphatic rings. The zero-order valence-corrected chi connectivity index (χ0v) is 21.1. The van der Waals surface area contributed by atoms with E-state index in [4.69, 9.17) is 4.42 Å². The molecule has 0 saturated heterocycles. The van der Waals surface area contributed by atoms with Crippen molar-refractivity contribution in [2.75, 3.05) is 7.05 Å². The molecule has 0 saturated carbocycles. The van der Waals surface area contributed by atoms with E-state index in [0.717, 1.165) is 22.5 Å². The normalized spacial score (nSPS) is 11.7. The summed E-state index contributed by atoms with van der Waals surface area (Å²) in [6.45, 7) is 3.81. The number of pyridine rings is 1. The molecule has 194 valence electrons. The van der Waals surface area contributed by atoms with E-state index >= 15 is 0 Å². The van der Waals surface area contributed by atoms with Crippen LogP contribution in [0.1, 0.15) is 33.7 Å². The van der Waals surface area contributed by atoms with E-state index < -0.39 is 12.6 Å². The first-order valence-electron chi connectivity index (χ1n) is 12.1. The number of carbonyl (C=O) groups is 1. The molecule has 5 aromatic rings. The number of amides is 1. The fourth-order valence-corrected chi connectivity index (χ4v) is 4.47. The van der Waals surface area contributed by atoms with Crippen LogP contribution in [0.5, 0.6) is 0 Å². The van der Waals surface area contributed by atoms with Gasteiger partial charge in [0.05, 0.1) is 28.7 Å². The van der Waals surface area contributed by atoms with Crippen molar-refractivity contribution >= 4 is 17.0 Å². The summed E-state index contributed by atoms with van der Waals surface area (Å²) in [5.74, 6) is -0.0866. The second-order valence-electron chi connectivity index (χ2n) is 9.17. The monoisotopic (exact) mass is 518 g/mol. The molecule has 0 bridgehead atoms. The van der Waals surface area contributed by atoms with Crippen molar-refractivity contribution in [3.8, 4) is 28.1 Å². The van der Waals surface area contributed by atoms with Crippen LogP contribution in [0.15, 0.2) is 71.5 Å². The molecule has 9 heteroatoms. The maximum Gasteiger partial charge on any atom is 0.389 e. The van der Waals surface area contributed by atoms with E-state index in [9.17, 15) is 18.0 Å². The van der Waals surface area contributed by atoms with E-state index in [1.807, 2.05) is 73.1 Å². The fraction of sp³-hybridized carbons (Fsp3) is 0.207. The topological polar surface area (TPSA) is 73.0 Å². The van der Waals surface area contributed by atoms with E-state index in [-0.39, 0.29) is 29.3 Å². The van der Waals surface area contributed by atoms with Crippen LogP contribution in [0, 0.1) is 13.8 Å². The minimum absolute atomic E-state index is 0.112. The Labute approximate surface area is 217 Å². The Morgan fingerprint density at radius 1 is 1.05 bits per heavy atom. The number of alkyl halides is 3. The summed E-state index contributed by atoms with van der Waals surface area (Å²) in [6.07, 6.45) is -2.06. The second kappa shape index (κ2) is 9.81. The predicted octanol–water partition coefficient (Wildman–Crippen LogP) is 6.82. The van der Waals surface area contributed by atoms with Crippen LogP contribution in [-0.2, 0) is 6.42 Å². The molecular weight excluding hydrogens is 493 g/mol. The molecule has 38 heavy (non-hydrogen) atoms. The van der Waals surface area contributed by atoms with Gasteiger partial charge in [0.2, 0.25) is 5.71 Å². The van der Waals surface area contributed by atoms with Crippen molar-refractivity contribution in [3.63, 3.8) is 0 Å². The highest BCUT2D eigenvalue weighted by Crippen LogP contribution is 2.37. The second-order valence-corrected chi connectivity index (χ2v) is 9.17. The molecule has 1 amide bonds. The Kier molecular flexibility index (Phi) is 6.52. The number of aromatic nitrogens is 3. The van der Waals surface area contributed by atoms with Gasteiger partial charge < -0.3 is 14.3 Å². The fourth-order valence-electron chi connectivity index (χ4n) is 4.47. The van der Waals surface area contributed by atoms with Gasteiger partial charge in [-0.1, -0.05) is 29.8 Å². The minimum atomic E-state index is -4.34. The highest BCUT2D eigenvalue weighted by Gasteiger charge is 2.29. The van der Waals surface area contributed by atoms with Crippen molar-refractivity contribution in [2.45, 2.75) is 32.9 Å². The number of furan rings is 1. The van der Waals surface area contributed by atoms with Gasteiger partial charge in [-0.05, 0) is 56.2 Å². The number of nitrogens with zero attached hydrogens (tertiary/aromatic N) is 3. The number of fused-ring (bicyclic) bond motifs is 1. The Morgan fingerprint density at radius 2 is 1.82 bits per heavy atom. The minimum Gasteiger partial charge on any atom is -0.437 e. The molecule has 0 spiro atoms. The van der Waals surface area contributed by atoms with Gasteiger partial charge >= 0.3 is 6.18 Å². The highest BCUT2D eigenvalue weighted by atomic mass is 19.4. The lowest BCUT2D eigenvalue weighted by molar-refractivity contribution is -0.134. The zero-order valence-electron chi connectivity index (χ0n) is 21.1. The quantitative estimate of drug-likeness (QED) is 0.268. The number of rotatable bonds is 6. The molecule has 2 aromatic carbocycles. The lowest BCUT2D eigenvalue weighted by Gasteiger charge is -2.12. The molecule has 3 heterocycles. The first kappa shape index (κ1) is 25.3. The average molecular weight is 519 g/mol. The Hall–Kier alpha value is -4.40. The number of hydrogen-bond acceptors (Lipinski definition) is 4. The maximum atomic E-state index is 13.1. The molecule has 0 aliphatic heterocycles. The summed E-state index contributed by atoms with van der Waals surface area (Å²) in [6, 6.07) is 16.6. The smallest absolute Gasteiger partial charge is 0.389 e. The van der Waals surface area contributed by atoms with Crippen molar-refractivity contribution in [3.05, 3.63) is 89.6 Å². The van der Waals surface area contributed by atoms with Gasteiger partial charge in [-0.25, -0.2) is 9.97 Å². The predicted molar refractivity (Wildman–Crippen MR) is 139 cm³/mol. The van der Waals surface area contributed by atoms with Crippen LogP contribution in [0.2, 0.25) is 0 Å². The standard InChI is InChI=1S/C29H25F3N4O2/c1-17-5-4-6-20(13-17)22-14-23-25(27(37)33-3)26(38-28(23)35-24(22)11-12-29(30,31)32)19-7-9-21(10-8-19)36-15-18(2)34-16-36/h4-10,13-16H,11-12H2,1-3H3,(H,33,37). The van der Waals surface area contributed by atoms with Gasteiger partial charge in [0.15, 0.2) is 0 Å². The number of carbonyl (C=O) groups excluding carboxylic acids is 1. The third-order valence-corrected chi connectivity index (χ3v) is 6.33. The Morgan fingerprint density at radius 3 is 2.45 bits per heavy atom. The highest BCUT2D eigenvalue weighted by molar-refractivity contribution is 6.11. The first-order chi connectivity index (χ1) is 18.1. The van der Waals surface area contributed by atoms with Crippen LogP contribution in [0.4, 0.5) is 13.2 Å². The number of nitrogens with one attached hydrogen (secondary N) is 1. The Balaban J connectivity index is 1.68. The number of aryl methyl sites for hydroxylation is 3. The lowest BCUT2D eigenvalue weighted by Crippen LogP contribution is -2.18. The molecule has 0 radical (unpaired) electrons. The first-order valence-corrected chi connectivity index (χ1v) is 12.1. The maximum absolute atomic E-state index is 13.1. The van der Waals surface area contributed by atoms with Gasteiger partial charge in [0.1, 0.15) is 5.76 Å². The molecular formula is C29H25F3N4O2. The molecule has 0 unspecified atom stereocenters. The largest absolute Gasteiger partial charge is 0.437 e. The van der Waals surface area contributed by atoms with Crippen LogP contribution in [0.3, 0.4) is 0 Å². The van der Waals surface area contributed by atoms with Gasteiger partial charge in [-0.15, -0.1) is 0 Å². The molecule has 1 N–H and O–H groups in total. The van der Waals surface area contributed by atoms with E-state index in [2.05, 4.69) is 15.3 Å². The Bertz CT molecular complexity index is 1630. The van der Waals surface area contributed by atoms with Crippen molar-refractivity contribution < 1.29 is 22.4 Å². The molecule has 5 rings (SSSR count). The zero-order chi connectivity index (χ0) is 27.0. The number of benzene rings is 2. The average Bonchev–Trinajstić information content (AvgIpc) is 3.49. The molecule has 6 nitrogen and oxygen atoms in total. The van der Waals surface area contributed by atoms with Gasteiger partial charge in [-0.2, -0.15) is 13.2 Å². The SMILES string of the molecule is CNC(=O)c1c(-c2ccc(-n3cnc(C)c3)cc2)oc2nc(CCC(F)(F)F)c(-c3cccc(C)c3)cc12. The summed E-state index contributed by atoms with van der Waals surface area (Å²) >= 11 is 0. The molecule has 0 fully saturated rings.